The topological polar surface area (TPSA) is 81.7 Å². The summed E-state index contributed by atoms with van der Waals surface area (Å²) in [4.78, 5) is 36.2. The molecule has 1 aromatic rings. The van der Waals surface area contributed by atoms with Gasteiger partial charge in [-0.15, -0.1) is 0 Å². The normalized spacial score (nSPS) is 32.5. The Morgan fingerprint density at radius 3 is 2.75 bits per heavy atom. The van der Waals surface area contributed by atoms with E-state index in [4.69, 9.17) is 9.47 Å². The summed E-state index contributed by atoms with van der Waals surface area (Å²) in [5.74, 6) is -1.65. The van der Waals surface area contributed by atoms with Crippen LogP contribution >= 0.6 is 0 Å². The molecule has 1 heterocycles. The zero-order valence-corrected chi connectivity index (χ0v) is 13.4. The molecule has 5 atom stereocenters. The summed E-state index contributed by atoms with van der Waals surface area (Å²) in [7, 11) is 0. The van der Waals surface area contributed by atoms with E-state index in [0.29, 0.717) is 5.69 Å². The van der Waals surface area contributed by atoms with E-state index in [0.717, 1.165) is 18.4 Å². The van der Waals surface area contributed by atoms with E-state index in [1.807, 2.05) is 19.1 Å². The molecule has 6 heteroatoms. The van der Waals surface area contributed by atoms with Crippen molar-refractivity contribution >= 4 is 23.5 Å². The highest BCUT2D eigenvalue weighted by Crippen LogP contribution is 2.57. The lowest BCUT2D eigenvalue weighted by Gasteiger charge is -2.22. The molecule has 1 aromatic carbocycles. The highest BCUT2D eigenvalue weighted by atomic mass is 16.6. The second-order valence-corrected chi connectivity index (χ2v) is 6.94. The van der Waals surface area contributed by atoms with Crippen molar-refractivity contribution in [2.75, 3.05) is 11.9 Å². The van der Waals surface area contributed by atoms with Crippen LogP contribution in [0.15, 0.2) is 24.3 Å². The van der Waals surface area contributed by atoms with Crippen molar-refractivity contribution in [2.45, 2.75) is 25.9 Å². The summed E-state index contributed by atoms with van der Waals surface area (Å²) < 4.78 is 10.5. The summed E-state index contributed by atoms with van der Waals surface area (Å²) in [6.07, 6.45) is 1.57. The van der Waals surface area contributed by atoms with E-state index >= 15 is 0 Å². The van der Waals surface area contributed by atoms with Crippen molar-refractivity contribution < 1.29 is 23.9 Å². The van der Waals surface area contributed by atoms with E-state index < -0.39 is 11.9 Å². The number of carbonyl (C=O) groups excluding carboxylic acids is 3. The molecule has 3 fully saturated rings. The molecule has 0 aromatic heterocycles. The monoisotopic (exact) mass is 329 g/mol. The summed E-state index contributed by atoms with van der Waals surface area (Å²) in [6.45, 7) is 1.62. The van der Waals surface area contributed by atoms with Crippen molar-refractivity contribution in [3.63, 3.8) is 0 Å². The minimum absolute atomic E-state index is 0.0126. The molecule has 1 N–H and O–H groups in total. The molecular weight excluding hydrogens is 310 g/mol. The van der Waals surface area contributed by atoms with Gasteiger partial charge in [-0.1, -0.05) is 17.7 Å². The number of benzene rings is 1. The van der Waals surface area contributed by atoms with Gasteiger partial charge in [0.25, 0.3) is 5.91 Å². The third-order valence-electron chi connectivity index (χ3n) is 5.44. The highest BCUT2D eigenvalue weighted by molar-refractivity contribution is 5.93. The molecule has 4 rings (SSSR count). The van der Waals surface area contributed by atoms with Gasteiger partial charge in [-0.25, -0.2) is 0 Å². The first kappa shape index (κ1) is 15.2. The SMILES string of the molecule is Cc1ccc(NC(=O)COC(=O)[C@@H]2[C@@H]3C[C@@H]4[C@H]2C(=O)O[C@@H]4C3)cc1. The minimum atomic E-state index is -0.455. The smallest absolute Gasteiger partial charge is 0.310 e. The highest BCUT2D eigenvalue weighted by Gasteiger charge is 2.64. The van der Waals surface area contributed by atoms with Gasteiger partial charge in [0, 0.05) is 11.6 Å². The van der Waals surface area contributed by atoms with Gasteiger partial charge in [-0.05, 0) is 37.8 Å². The van der Waals surface area contributed by atoms with Gasteiger partial charge in [0.2, 0.25) is 0 Å². The molecular formula is C18H19NO5. The van der Waals surface area contributed by atoms with Crippen LogP contribution in [0.1, 0.15) is 18.4 Å². The molecule has 0 spiro atoms. The van der Waals surface area contributed by atoms with E-state index in [1.54, 1.807) is 12.1 Å². The maximum absolute atomic E-state index is 12.4. The number of carbonyl (C=O) groups is 3. The van der Waals surface area contributed by atoms with Crippen molar-refractivity contribution in [1.82, 2.24) is 0 Å². The molecule has 2 aliphatic carbocycles. The lowest BCUT2D eigenvalue weighted by atomic mass is 9.80. The van der Waals surface area contributed by atoms with Gasteiger partial charge in [0.05, 0.1) is 11.8 Å². The number of fused-ring (bicyclic) bond motifs is 1. The lowest BCUT2D eigenvalue weighted by molar-refractivity contribution is -0.157. The summed E-state index contributed by atoms with van der Waals surface area (Å²) >= 11 is 0. The van der Waals surface area contributed by atoms with E-state index in [-0.39, 0.29) is 42.3 Å². The number of esters is 2. The number of nitrogens with one attached hydrogen (secondary N) is 1. The lowest BCUT2D eigenvalue weighted by Crippen LogP contribution is -2.34. The first-order valence-electron chi connectivity index (χ1n) is 8.26. The van der Waals surface area contributed by atoms with Crippen LogP contribution in [0.25, 0.3) is 0 Å². The molecule has 2 bridgehead atoms. The average Bonchev–Trinajstić information content (AvgIpc) is 3.16. The Labute approximate surface area is 139 Å². The molecule has 126 valence electrons. The zero-order chi connectivity index (χ0) is 16.8. The average molecular weight is 329 g/mol. The van der Waals surface area contributed by atoms with Crippen LogP contribution in [-0.2, 0) is 23.9 Å². The number of aryl methyl sites for hydroxylation is 1. The Morgan fingerprint density at radius 1 is 1.25 bits per heavy atom. The third kappa shape index (κ3) is 2.46. The molecule has 1 amide bonds. The standard InChI is InChI=1S/C18H19NO5/c1-9-2-4-11(5-3-9)19-14(20)8-23-17(21)15-10-6-12-13(7-10)24-18(22)16(12)15/h2-5,10,12-13,15-16H,6-8H2,1H3,(H,19,20)/t10-,12+,13-,15-,16-/m1/s1. The second kappa shape index (κ2) is 5.61. The molecule has 6 nitrogen and oxygen atoms in total. The van der Waals surface area contributed by atoms with Crippen LogP contribution in [0.5, 0.6) is 0 Å². The minimum Gasteiger partial charge on any atom is -0.462 e. The van der Waals surface area contributed by atoms with Crippen molar-refractivity contribution in [3.05, 3.63) is 29.8 Å². The molecule has 1 aliphatic heterocycles. The number of hydrogen-bond acceptors (Lipinski definition) is 5. The van der Waals surface area contributed by atoms with Gasteiger partial charge in [-0.2, -0.15) is 0 Å². The first-order chi connectivity index (χ1) is 11.5. The number of amides is 1. The van der Waals surface area contributed by atoms with E-state index in [2.05, 4.69) is 5.32 Å². The van der Waals surface area contributed by atoms with Crippen molar-refractivity contribution in [2.24, 2.45) is 23.7 Å². The maximum Gasteiger partial charge on any atom is 0.310 e. The van der Waals surface area contributed by atoms with Gasteiger partial charge in [-0.3, -0.25) is 14.4 Å². The molecule has 0 radical (unpaired) electrons. The molecule has 24 heavy (non-hydrogen) atoms. The summed E-state index contributed by atoms with van der Waals surface area (Å²) in [6, 6.07) is 7.36. The third-order valence-corrected chi connectivity index (χ3v) is 5.44. The van der Waals surface area contributed by atoms with Gasteiger partial charge in [0.15, 0.2) is 6.61 Å². The number of hydrogen-bond donors (Lipinski definition) is 1. The molecule has 1 saturated heterocycles. The van der Waals surface area contributed by atoms with Crippen molar-refractivity contribution in [1.29, 1.82) is 0 Å². The quantitative estimate of drug-likeness (QED) is 0.850. The predicted octanol–water partition coefficient (Wildman–Crippen LogP) is 1.67. The Bertz CT molecular complexity index is 696. The van der Waals surface area contributed by atoms with Gasteiger partial charge >= 0.3 is 11.9 Å². The van der Waals surface area contributed by atoms with Crippen LogP contribution in [-0.4, -0.2) is 30.6 Å². The fourth-order valence-electron chi connectivity index (χ4n) is 4.39. The summed E-state index contributed by atoms with van der Waals surface area (Å²) in [5, 5.41) is 2.68. The van der Waals surface area contributed by atoms with E-state index in [1.165, 1.54) is 0 Å². The molecule has 0 unspecified atom stereocenters. The number of rotatable bonds is 4. The Morgan fingerprint density at radius 2 is 2.00 bits per heavy atom. The summed E-state index contributed by atoms with van der Waals surface area (Å²) in [5.41, 5.74) is 1.75. The Hall–Kier alpha value is -2.37. The molecule has 3 aliphatic rings. The second-order valence-electron chi connectivity index (χ2n) is 6.94. The number of anilines is 1. The van der Waals surface area contributed by atoms with E-state index in [9.17, 15) is 14.4 Å². The first-order valence-corrected chi connectivity index (χ1v) is 8.26. The Kier molecular flexibility index (Phi) is 3.55. The Balaban J connectivity index is 1.33. The van der Waals surface area contributed by atoms with Crippen LogP contribution < -0.4 is 5.32 Å². The molecule has 2 saturated carbocycles. The van der Waals surface area contributed by atoms with Crippen LogP contribution in [0.3, 0.4) is 0 Å². The fraction of sp³-hybridized carbons (Fsp3) is 0.500. The van der Waals surface area contributed by atoms with Crippen LogP contribution in [0, 0.1) is 30.6 Å². The van der Waals surface area contributed by atoms with Crippen LogP contribution in [0.4, 0.5) is 5.69 Å². The van der Waals surface area contributed by atoms with Crippen molar-refractivity contribution in [3.8, 4) is 0 Å². The zero-order valence-electron chi connectivity index (χ0n) is 13.4. The fourth-order valence-corrected chi connectivity index (χ4v) is 4.39. The van der Waals surface area contributed by atoms with Gasteiger partial charge < -0.3 is 14.8 Å². The predicted molar refractivity (Wildman–Crippen MR) is 83.8 cm³/mol. The van der Waals surface area contributed by atoms with Crippen LogP contribution in [0.2, 0.25) is 0 Å². The maximum atomic E-state index is 12.4. The largest absolute Gasteiger partial charge is 0.462 e. The van der Waals surface area contributed by atoms with Gasteiger partial charge in [0.1, 0.15) is 6.10 Å². The number of ether oxygens (including phenoxy) is 2.